The summed E-state index contributed by atoms with van der Waals surface area (Å²) < 4.78 is 24.2. The van der Waals surface area contributed by atoms with Crippen LogP contribution in [0.5, 0.6) is 0 Å². The lowest BCUT2D eigenvalue weighted by atomic mass is 10.1. The second-order valence-corrected chi connectivity index (χ2v) is 10.4. The highest BCUT2D eigenvalue weighted by Crippen LogP contribution is 2.39. The van der Waals surface area contributed by atoms with Gasteiger partial charge in [0.25, 0.3) is 5.91 Å². The average Bonchev–Trinajstić information content (AvgIpc) is 3.10. The van der Waals surface area contributed by atoms with Gasteiger partial charge in [-0.2, -0.15) is 4.99 Å². The summed E-state index contributed by atoms with van der Waals surface area (Å²) in [6.45, 7) is 0.421. The smallest absolute Gasteiger partial charge is 0.279 e. The van der Waals surface area contributed by atoms with E-state index in [1.54, 1.807) is 30.3 Å². The maximum absolute atomic E-state index is 12.5. The molecule has 2 saturated heterocycles. The molecule has 2 aromatic rings. The zero-order valence-corrected chi connectivity index (χ0v) is 16.7. The van der Waals surface area contributed by atoms with Gasteiger partial charge in [-0.1, -0.05) is 59.8 Å². The van der Waals surface area contributed by atoms with E-state index in [0.717, 1.165) is 5.56 Å². The lowest BCUT2D eigenvalue weighted by Gasteiger charge is -2.25. The molecule has 140 valence electrons. The number of nitrogens with zero attached hydrogens (tertiary/aromatic N) is 2. The topological polar surface area (TPSA) is 66.8 Å². The van der Waals surface area contributed by atoms with Gasteiger partial charge in [0.1, 0.15) is 0 Å². The van der Waals surface area contributed by atoms with Gasteiger partial charge in [0, 0.05) is 22.4 Å². The van der Waals surface area contributed by atoms with Gasteiger partial charge in [0.15, 0.2) is 15.0 Å². The number of carbonyl (C=O) groups excluding carboxylic acids is 1. The minimum absolute atomic E-state index is 0.0771. The molecule has 8 heteroatoms. The molecule has 4 rings (SSSR count). The van der Waals surface area contributed by atoms with Crippen molar-refractivity contribution in [2.75, 3.05) is 11.5 Å². The van der Waals surface area contributed by atoms with E-state index in [1.165, 1.54) is 11.8 Å². The average molecular weight is 421 g/mol. The fourth-order valence-electron chi connectivity index (χ4n) is 3.36. The molecule has 2 aromatic carbocycles. The van der Waals surface area contributed by atoms with Gasteiger partial charge in [-0.3, -0.25) is 4.79 Å². The van der Waals surface area contributed by atoms with E-state index in [0.29, 0.717) is 22.3 Å². The van der Waals surface area contributed by atoms with Crippen molar-refractivity contribution in [3.05, 3.63) is 70.7 Å². The Kier molecular flexibility index (Phi) is 5.01. The summed E-state index contributed by atoms with van der Waals surface area (Å²) in [4.78, 5) is 18.8. The van der Waals surface area contributed by atoms with Crippen LogP contribution in [0.4, 0.5) is 0 Å². The highest BCUT2D eigenvalue weighted by atomic mass is 35.5. The summed E-state index contributed by atoms with van der Waals surface area (Å²) in [6.07, 6.45) is 0. The van der Waals surface area contributed by atoms with Crippen molar-refractivity contribution in [3.8, 4) is 0 Å². The molecule has 0 aliphatic carbocycles. The van der Waals surface area contributed by atoms with E-state index in [9.17, 15) is 13.2 Å². The zero-order valence-electron chi connectivity index (χ0n) is 14.3. The number of amidine groups is 1. The molecule has 2 aliphatic rings. The predicted molar refractivity (Wildman–Crippen MR) is 109 cm³/mol. The third kappa shape index (κ3) is 3.90. The molecule has 2 atom stereocenters. The van der Waals surface area contributed by atoms with Gasteiger partial charge in [-0.25, -0.2) is 8.42 Å². The normalized spacial score (nSPS) is 24.9. The zero-order chi connectivity index (χ0) is 19.0. The van der Waals surface area contributed by atoms with E-state index in [-0.39, 0.29) is 28.7 Å². The van der Waals surface area contributed by atoms with E-state index >= 15 is 0 Å². The van der Waals surface area contributed by atoms with Gasteiger partial charge in [0.05, 0.1) is 17.5 Å². The molecular formula is C19H17ClN2O3S2. The van der Waals surface area contributed by atoms with Gasteiger partial charge >= 0.3 is 0 Å². The third-order valence-corrected chi connectivity index (χ3v) is 8.31. The van der Waals surface area contributed by atoms with Crippen LogP contribution in [0.2, 0.25) is 5.02 Å². The van der Waals surface area contributed by atoms with Gasteiger partial charge in [-0.05, 0) is 23.8 Å². The fourth-order valence-corrected chi connectivity index (χ4v) is 7.51. The summed E-state index contributed by atoms with van der Waals surface area (Å²) in [5.74, 6) is -0.141. The molecule has 5 nitrogen and oxygen atoms in total. The predicted octanol–water partition coefficient (Wildman–Crippen LogP) is 3.25. The number of fused-ring (bicyclic) bond motifs is 1. The number of sulfone groups is 1. The number of benzene rings is 2. The van der Waals surface area contributed by atoms with E-state index in [2.05, 4.69) is 4.99 Å². The van der Waals surface area contributed by atoms with Crippen LogP contribution in [0.3, 0.4) is 0 Å². The molecule has 0 saturated carbocycles. The molecule has 2 fully saturated rings. The number of aliphatic imine (C=N–C) groups is 1. The van der Waals surface area contributed by atoms with Crippen molar-refractivity contribution in [2.24, 2.45) is 4.99 Å². The number of rotatable bonds is 3. The van der Waals surface area contributed by atoms with Crippen LogP contribution in [0.1, 0.15) is 15.9 Å². The highest BCUT2D eigenvalue weighted by molar-refractivity contribution is 8.15. The van der Waals surface area contributed by atoms with E-state index in [1.807, 2.05) is 29.2 Å². The van der Waals surface area contributed by atoms with Crippen molar-refractivity contribution in [2.45, 2.75) is 17.8 Å². The number of hydrogen-bond donors (Lipinski definition) is 0. The first-order valence-corrected chi connectivity index (χ1v) is 11.6. The molecule has 0 bridgehead atoms. The molecule has 27 heavy (non-hydrogen) atoms. The number of thioether (sulfide) groups is 1. The first-order valence-electron chi connectivity index (χ1n) is 8.48. The SMILES string of the molecule is O=C(N=C1S[C@H]2CS(=O)(=O)C[C@@H]2N1Cc1ccccc1Cl)c1ccccc1. The molecule has 0 N–H and O–H groups in total. The van der Waals surface area contributed by atoms with Gasteiger partial charge in [-0.15, -0.1) is 0 Å². The minimum Gasteiger partial charge on any atom is -0.342 e. The van der Waals surface area contributed by atoms with Crippen molar-refractivity contribution in [1.82, 2.24) is 4.90 Å². The maximum Gasteiger partial charge on any atom is 0.279 e. The summed E-state index contributed by atoms with van der Waals surface area (Å²) in [6, 6.07) is 16.1. The first kappa shape index (κ1) is 18.5. The second-order valence-electron chi connectivity index (χ2n) is 6.59. The Bertz CT molecular complexity index is 1010. The molecule has 0 unspecified atom stereocenters. The third-order valence-electron chi connectivity index (χ3n) is 4.69. The summed E-state index contributed by atoms with van der Waals surface area (Å²) in [7, 11) is -3.08. The minimum atomic E-state index is -3.08. The number of halogens is 1. The van der Waals surface area contributed by atoms with E-state index < -0.39 is 9.84 Å². The van der Waals surface area contributed by atoms with Crippen LogP contribution in [0.25, 0.3) is 0 Å². The number of carbonyl (C=O) groups is 1. The molecule has 2 heterocycles. The maximum atomic E-state index is 12.5. The Morgan fingerprint density at radius 2 is 1.81 bits per heavy atom. The molecule has 0 spiro atoms. The largest absolute Gasteiger partial charge is 0.342 e. The number of amides is 1. The first-order chi connectivity index (χ1) is 12.9. The summed E-state index contributed by atoms with van der Waals surface area (Å²) in [5, 5.41) is 1.06. The molecule has 2 aliphatic heterocycles. The lowest BCUT2D eigenvalue weighted by Crippen LogP contribution is -2.37. The Balaban J connectivity index is 1.67. The van der Waals surface area contributed by atoms with Crippen LogP contribution in [0, 0.1) is 0 Å². The van der Waals surface area contributed by atoms with Crippen LogP contribution < -0.4 is 0 Å². The van der Waals surface area contributed by atoms with E-state index in [4.69, 9.17) is 11.6 Å². The molecule has 0 radical (unpaired) electrons. The lowest BCUT2D eigenvalue weighted by molar-refractivity contribution is 0.100. The van der Waals surface area contributed by atoms with Gasteiger partial charge < -0.3 is 4.90 Å². The Labute approximate surface area is 167 Å². The van der Waals surface area contributed by atoms with Crippen molar-refractivity contribution >= 4 is 44.3 Å². The fraction of sp³-hybridized carbons (Fsp3) is 0.263. The van der Waals surface area contributed by atoms with Gasteiger partial charge in [0.2, 0.25) is 0 Å². The molecule has 1 amide bonds. The number of hydrogen-bond acceptors (Lipinski definition) is 4. The standard InChI is InChI=1S/C19H17ClN2O3S2/c20-15-9-5-4-8-14(15)10-22-16-11-27(24,25)12-17(16)26-19(22)21-18(23)13-6-2-1-3-7-13/h1-9,16-17H,10-12H2/t16-,17-/m0/s1. The highest BCUT2D eigenvalue weighted by Gasteiger charge is 2.48. The van der Waals surface area contributed by atoms with Crippen LogP contribution in [-0.4, -0.2) is 47.2 Å². The molecule has 0 aromatic heterocycles. The summed E-state index contributed by atoms with van der Waals surface area (Å²) >= 11 is 7.67. The van der Waals surface area contributed by atoms with Crippen LogP contribution >= 0.6 is 23.4 Å². The second kappa shape index (κ2) is 7.30. The quantitative estimate of drug-likeness (QED) is 0.762. The molecular weight excluding hydrogens is 404 g/mol. The summed E-state index contributed by atoms with van der Waals surface area (Å²) in [5.41, 5.74) is 1.39. The van der Waals surface area contributed by atoms with Crippen molar-refractivity contribution in [3.63, 3.8) is 0 Å². The Morgan fingerprint density at radius 1 is 1.11 bits per heavy atom. The van der Waals surface area contributed by atoms with Crippen molar-refractivity contribution in [1.29, 1.82) is 0 Å². The van der Waals surface area contributed by atoms with Crippen molar-refractivity contribution < 1.29 is 13.2 Å². The Morgan fingerprint density at radius 3 is 2.56 bits per heavy atom. The monoisotopic (exact) mass is 420 g/mol. The Hall–Kier alpha value is -1.83. The van der Waals surface area contributed by atoms with Crippen LogP contribution in [0.15, 0.2) is 59.6 Å². The van der Waals surface area contributed by atoms with Crippen LogP contribution in [-0.2, 0) is 16.4 Å².